The van der Waals surface area contributed by atoms with E-state index in [1.165, 1.54) is 25.9 Å². The van der Waals surface area contributed by atoms with E-state index in [1.54, 1.807) is 13.0 Å². The van der Waals surface area contributed by atoms with Crippen molar-refractivity contribution in [2.45, 2.75) is 26.3 Å². The Morgan fingerprint density at radius 3 is 3.00 bits per heavy atom. The van der Waals surface area contributed by atoms with Gasteiger partial charge in [0.25, 0.3) is 0 Å². The van der Waals surface area contributed by atoms with Gasteiger partial charge in [-0.1, -0.05) is 12.1 Å². The van der Waals surface area contributed by atoms with Gasteiger partial charge in [-0.25, -0.2) is 4.39 Å². The summed E-state index contributed by atoms with van der Waals surface area (Å²) in [6.45, 7) is 5.98. The SMILES string of the molecule is Cc1ccc(CNCC2CCCN(C)C2)cc1F. The Bertz CT molecular complexity index is 392. The predicted octanol–water partition coefficient (Wildman–Crippen LogP) is 2.57. The third-order valence-corrected chi connectivity index (χ3v) is 3.72. The highest BCUT2D eigenvalue weighted by Gasteiger charge is 2.16. The third kappa shape index (κ3) is 3.79. The monoisotopic (exact) mass is 250 g/mol. The van der Waals surface area contributed by atoms with E-state index >= 15 is 0 Å². The lowest BCUT2D eigenvalue weighted by Crippen LogP contribution is -2.37. The van der Waals surface area contributed by atoms with E-state index in [2.05, 4.69) is 17.3 Å². The first kappa shape index (κ1) is 13.5. The third-order valence-electron chi connectivity index (χ3n) is 3.72. The second-order valence-electron chi connectivity index (χ2n) is 5.48. The van der Waals surface area contributed by atoms with Crippen LogP contribution < -0.4 is 5.32 Å². The smallest absolute Gasteiger partial charge is 0.126 e. The molecule has 1 heterocycles. The summed E-state index contributed by atoms with van der Waals surface area (Å²) >= 11 is 0. The van der Waals surface area contributed by atoms with Crippen molar-refractivity contribution in [1.82, 2.24) is 10.2 Å². The molecule has 0 amide bonds. The van der Waals surface area contributed by atoms with Crippen molar-refractivity contribution in [3.63, 3.8) is 0 Å². The molecule has 0 aromatic heterocycles. The van der Waals surface area contributed by atoms with Gasteiger partial charge in [-0.2, -0.15) is 0 Å². The first-order valence-corrected chi connectivity index (χ1v) is 6.79. The van der Waals surface area contributed by atoms with Gasteiger partial charge in [0, 0.05) is 13.1 Å². The van der Waals surface area contributed by atoms with Crippen LogP contribution in [0.2, 0.25) is 0 Å². The summed E-state index contributed by atoms with van der Waals surface area (Å²) in [6.07, 6.45) is 2.60. The molecular formula is C15H23FN2. The number of hydrogen-bond acceptors (Lipinski definition) is 2. The first-order chi connectivity index (χ1) is 8.65. The number of likely N-dealkylation sites (tertiary alicyclic amines) is 1. The minimum atomic E-state index is -0.105. The topological polar surface area (TPSA) is 15.3 Å². The van der Waals surface area contributed by atoms with Crippen LogP contribution in [0, 0.1) is 18.7 Å². The molecule has 0 aliphatic carbocycles. The average molecular weight is 250 g/mol. The van der Waals surface area contributed by atoms with Crippen LogP contribution >= 0.6 is 0 Å². The van der Waals surface area contributed by atoms with E-state index in [0.717, 1.165) is 24.6 Å². The van der Waals surface area contributed by atoms with Crippen molar-refractivity contribution in [2.75, 3.05) is 26.7 Å². The average Bonchev–Trinajstić information content (AvgIpc) is 2.34. The first-order valence-electron chi connectivity index (χ1n) is 6.79. The highest BCUT2D eigenvalue weighted by molar-refractivity contribution is 5.23. The van der Waals surface area contributed by atoms with Gasteiger partial charge in [0.2, 0.25) is 0 Å². The van der Waals surface area contributed by atoms with E-state index in [0.29, 0.717) is 5.56 Å². The molecule has 1 aromatic carbocycles. The van der Waals surface area contributed by atoms with Crippen molar-refractivity contribution >= 4 is 0 Å². The van der Waals surface area contributed by atoms with E-state index in [4.69, 9.17) is 0 Å². The molecule has 3 heteroatoms. The summed E-state index contributed by atoms with van der Waals surface area (Å²) < 4.78 is 13.4. The zero-order chi connectivity index (χ0) is 13.0. The predicted molar refractivity (Wildman–Crippen MR) is 73.1 cm³/mol. The number of hydrogen-bond donors (Lipinski definition) is 1. The summed E-state index contributed by atoms with van der Waals surface area (Å²) in [5.41, 5.74) is 1.75. The minimum absolute atomic E-state index is 0.105. The maximum absolute atomic E-state index is 13.4. The fourth-order valence-electron chi connectivity index (χ4n) is 2.61. The van der Waals surface area contributed by atoms with Gasteiger partial charge < -0.3 is 10.2 Å². The lowest BCUT2D eigenvalue weighted by atomic mass is 9.98. The molecule has 0 spiro atoms. The molecule has 2 rings (SSSR count). The van der Waals surface area contributed by atoms with E-state index in [-0.39, 0.29) is 5.82 Å². The van der Waals surface area contributed by atoms with Gasteiger partial charge in [-0.15, -0.1) is 0 Å². The lowest BCUT2D eigenvalue weighted by molar-refractivity contribution is 0.206. The van der Waals surface area contributed by atoms with Crippen molar-refractivity contribution in [3.8, 4) is 0 Å². The van der Waals surface area contributed by atoms with Gasteiger partial charge >= 0.3 is 0 Å². The molecule has 1 aliphatic heterocycles. The van der Waals surface area contributed by atoms with E-state index < -0.39 is 0 Å². The fraction of sp³-hybridized carbons (Fsp3) is 0.600. The van der Waals surface area contributed by atoms with Crippen molar-refractivity contribution in [2.24, 2.45) is 5.92 Å². The van der Waals surface area contributed by atoms with Gasteiger partial charge in [0.15, 0.2) is 0 Å². The van der Waals surface area contributed by atoms with Crippen molar-refractivity contribution in [3.05, 3.63) is 35.1 Å². The molecule has 1 atom stereocenters. The highest BCUT2D eigenvalue weighted by atomic mass is 19.1. The molecule has 18 heavy (non-hydrogen) atoms. The maximum atomic E-state index is 13.4. The molecular weight excluding hydrogens is 227 g/mol. The molecule has 0 bridgehead atoms. The molecule has 0 radical (unpaired) electrons. The molecule has 0 saturated carbocycles. The summed E-state index contributed by atoms with van der Waals surface area (Å²) in [5, 5.41) is 3.45. The van der Waals surface area contributed by atoms with E-state index in [9.17, 15) is 4.39 Å². The zero-order valence-corrected chi connectivity index (χ0v) is 11.4. The Balaban J connectivity index is 1.76. The Morgan fingerprint density at radius 2 is 2.28 bits per heavy atom. The van der Waals surface area contributed by atoms with Crippen LogP contribution in [-0.4, -0.2) is 31.6 Å². The summed E-state index contributed by atoms with van der Waals surface area (Å²) in [6, 6.07) is 5.48. The molecule has 1 N–H and O–H groups in total. The number of aryl methyl sites for hydroxylation is 1. The molecule has 100 valence electrons. The number of nitrogens with one attached hydrogen (secondary N) is 1. The molecule has 1 fully saturated rings. The van der Waals surface area contributed by atoms with Gasteiger partial charge in [-0.05, 0) is 63.0 Å². The van der Waals surface area contributed by atoms with Crippen molar-refractivity contribution < 1.29 is 4.39 Å². The fourth-order valence-corrected chi connectivity index (χ4v) is 2.61. The summed E-state index contributed by atoms with van der Waals surface area (Å²) in [4.78, 5) is 2.39. The molecule has 1 unspecified atom stereocenters. The Hall–Kier alpha value is -0.930. The van der Waals surface area contributed by atoms with Crippen LogP contribution in [0.3, 0.4) is 0 Å². The normalized spacial score (nSPS) is 21.2. The summed E-state index contributed by atoms with van der Waals surface area (Å²) in [5.74, 6) is 0.630. The van der Waals surface area contributed by atoms with Crippen LogP contribution in [0.15, 0.2) is 18.2 Å². The molecule has 1 aliphatic rings. The Labute approximate surface area is 109 Å². The van der Waals surface area contributed by atoms with Crippen LogP contribution in [-0.2, 0) is 6.54 Å². The lowest BCUT2D eigenvalue weighted by Gasteiger charge is -2.29. The quantitative estimate of drug-likeness (QED) is 0.883. The molecule has 1 saturated heterocycles. The standard InChI is InChI=1S/C15H23FN2/c1-12-5-6-13(8-15(12)16)9-17-10-14-4-3-7-18(2)11-14/h5-6,8,14,17H,3-4,7,9-11H2,1-2H3. The number of halogens is 1. The number of benzene rings is 1. The van der Waals surface area contributed by atoms with Gasteiger partial charge in [0.05, 0.1) is 0 Å². The second-order valence-corrected chi connectivity index (χ2v) is 5.48. The van der Waals surface area contributed by atoms with Crippen LogP contribution in [0.1, 0.15) is 24.0 Å². The van der Waals surface area contributed by atoms with Crippen LogP contribution in [0.4, 0.5) is 4.39 Å². The molecule has 1 aromatic rings. The summed E-state index contributed by atoms with van der Waals surface area (Å²) in [7, 11) is 2.18. The maximum Gasteiger partial charge on any atom is 0.126 e. The van der Waals surface area contributed by atoms with Crippen molar-refractivity contribution in [1.29, 1.82) is 0 Å². The van der Waals surface area contributed by atoms with Crippen LogP contribution in [0.25, 0.3) is 0 Å². The van der Waals surface area contributed by atoms with Crippen LogP contribution in [0.5, 0.6) is 0 Å². The van der Waals surface area contributed by atoms with Gasteiger partial charge in [0.1, 0.15) is 5.82 Å². The molecule has 2 nitrogen and oxygen atoms in total. The van der Waals surface area contributed by atoms with E-state index in [1.807, 2.05) is 12.1 Å². The minimum Gasteiger partial charge on any atom is -0.312 e. The number of nitrogens with zero attached hydrogens (tertiary/aromatic N) is 1. The van der Waals surface area contributed by atoms with Gasteiger partial charge in [-0.3, -0.25) is 0 Å². The highest BCUT2D eigenvalue weighted by Crippen LogP contribution is 2.14. The Morgan fingerprint density at radius 1 is 1.44 bits per heavy atom. The number of rotatable bonds is 4. The zero-order valence-electron chi connectivity index (χ0n) is 11.4. The number of piperidine rings is 1. The largest absolute Gasteiger partial charge is 0.312 e. The Kier molecular flexibility index (Phi) is 4.72. The second kappa shape index (κ2) is 6.30.